The minimum Gasteiger partial charge on any atom is -0.492 e. The fraction of sp³-hybridized carbons (Fsp3) is 0.278. The molecule has 0 bridgehead atoms. The van der Waals surface area contributed by atoms with E-state index in [-0.39, 0.29) is 11.4 Å². The van der Waals surface area contributed by atoms with Crippen LogP contribution in [0.1, 0.15) is 0 Å². The lowest BCUT2D eigenvalue weighted by atomic mass is 10.3. The lowest BCUT2D eigenvalue weighted by molar-refractivity contribution is 0.322. The molecule has 0 aromatic heterocycles. The van der Waals surface area contributed by atoms with Crippen LogP contribution in [0.15, 0.2) is 70.6 Å². The Labute approximate surface area is 154 Å². The van der Waals surface area contributed by atoms with Crippen molar-refractivity contribution in [1.82, 2.24) is 15.4 Å². The second kappa shape index (κ2) is 10.4. The van der Waals surface area contributed by atoms with E-state index in [1.165, 1.54) is 0 Å². The van der Waals surface area contributed by atoms with Gasteiger partial charge in [-0.1, -0.05) is 36.4 Å². The van der Waals surface area contributed by atoms with Crippen molar-refractivity contribution in [2.45, 2.75) is 4.90 Å². The van der Waals surface area contributed by atoms with E-state index in [0.717, 1.165) is 5.75 Å². The molecule has 0 aliphatic carbocycles. The molecular formula is C18H24N4O3S. The van der Waals surface area contributed by atoms with Crippen LogP contribution in [0.25, 0.3) is 0 Å². The van der Waals surface area contributed by atoms with Crippen LogP contribution in [0.5, 0.6) is 5.75 Å². The Morgan fingerprint density at radius 1 is 0.923 bits per heavy atom. The maximum atomic E-state index is 12.1. The van der Waals surface area contributed by atoms with Gasteiger partial charge in [0.15, 0.2) is 5.96 Å². The monoisotopic (exact) mass is 376 g/mol. The number of aliphatic imine (C=N–C) groups is 1. The molecule has 0 saturated carbocycles. The van der Waals surface area contributed by atoms with E-state index in [1.54, 1.807) is 37.4 Å². The lowest BCUT2D eigenvalue weighted by Gasteiger charge is -2.13. The molecule has 2 aromatic rings. The quantitative estimate of drug-likeness (QED) is 0.348. The molecule has 26 heavy (non-hydrogen) atoms. The molecule has 2 aromatic carbocycles. The van der Waals surface area contributed by atoms with Gasteiger partial charge in [-0.3, -0.25) is 4.99 Å². The van der Waals surface area contributed by atoms with Crippen molar-refractivity contribution >= 4 is 16.0 Å². The molecule has 0 atom stereocenters. The van der Waals surface area contributed by atoms with Gasteiger partial charge >= 0.3 is 0 Å². The SMILES string of the molecule is CN=C(NCCNS(=O)(=O)c1ccccc1)NCCOc1ccccc1. The molecule has 0 radical (unpaired) electrons. The van der Waals surface area contributed by atoms with Crippen LogP contribution in [0, 0.1) is 0 Å². The summed E-state index contributed by atoms with van der Waals surface area (Å²) < 4.78 is 32.3. The zero-order valence-corrected chi connectivity index (χ0v) is 15.5. The Kier molecular flexibility index (Phi) is 7.91. The van der Waals surface area contributed by atoms with Crippen molar-refractivity contribution in [3.05, 3.63) is 60.7 Å². The zero-order valence-electron chi connectivity index (χ0n) is 14.7. The van der Waals surface area contributed by atoms with E-state index in [4.69, 9.17) is 4.74 Å². The van der Waals surface area contributed by atoms with Crippen molar-refractivity contribution in [3.63, 3.8) is 0 Å². The Morgan fingerprint density at radius 3 is 2.19 bits per heavy atom. The number of ether oxygens (including phenoxy) is 1. The van der Waals surface area contributed by atoms with Crippen molar-refractivity contribution in [1.29, 1.82) is 0 Å². The summed E-state index contributed by atoms with van der Waals surface area (Å²) in [4.78, 5) is 4.34. The highest BCUT2D eigenvalue weighted by molar-refractivity contribution is 7.89. The molecule has 0 spiro atoms. The van der Waals surface area contributed by atoms with Crippen molar-refractivity contribution in [2.75, 3.05) is 33.3 Å². The predicted molar refractivity (Wildman–Crippen MR) is 103 cm³/mol. The maximum Gasteiger partial charge on any atom is 0.240 e. The van der Waals surface area contributed by atoms with Crippen LogP contribution in [0.2, 0.25) is 0 Å². The minimum atomic E-state index is -3.49. The van der Waals surface area contributed by atoms with E-state index < -0.39 is 10.0 Å². The Bertz CT molecular complexity index is 781. The summed E-state index contributed by atoms with van der Waals surface area (Å²) in [5.41, 5.74) is 0. The number of benzene rings is 2. The number of sulfonamides is 1. The zero-order chi connectivity index (χ0) is 18.7. The number of hydrogen-bond donors (Lipinski definition) is 3. The molecule has 0 unspecified atom stereocenters. The van der Waals surface area contributed by atoms with E-state index in [0.29, 0.717) is 25.7 Å². The maximum absolute atomic E-state index is 12.1. The van der Waals surface area contributed by atoms with Gasteiger partial charge in [-0.05, 0) is 24.3 Å². The highest BCUT2D eigenvalue weighted by Gasteiger charge is 2.11. The summed E-state index contributed by atoms with van der Waals surface area (Å²) >= 11 is 0. The van der Waals surface area contributed by atoms with Gasteiger partial charge in [-0.2, -0.15) is 0 Å². The van der Waals surface area contributed by atoms with Gasteiger partial charge in [-0.25, -0.2) is 13.1 Å². The highest BCUT2D eigenvalue weighted by Crippen LogP contribution is 2.07. The molecule has 0 amide bonds. The molecule has 3 N–H and O–H groups in total. The molecular weight excluding hydrogens is 352 g/mol. The van der Waals surface area contributed by atoms with Crippen LogP contribution in [-0.2, 0) is 10.0 Å². The van der Waals surface area contributed by atoms with Crippen molar-refractivity contribution in [3.8, 4) is 5.75 Å². The van der Waals surface area contributed by atoms with E-state index in [9.17, 15) is 8.42 Å². The average Bonchev–Trinajstić information content (AvgIpc) is 2.68. The number of para-hydroxylation sites is 1. The Balaban J connectivity index is 1.64. The Morgan fingerprint density at radius 2 is 1.54 bits per heavy atom. The van der Waals surface area contributed by atoms with Crippen LogP contribution in [0.4, 0.5) is 0 Å². The number of hydrogen-bond acceptors (Lipinski definition) is 4. The van der Waals surface area contributed by atoms with Gasteiger partial charge in [-0.15, -0.1) is 0 Å². The fourth-order valence-electron chi connectivity index (χ4n) is 2.12. The molecule has 8 heteroatoms. The fourth-order valence-corrected chi connectivity index (χ4v) is 3.18. The van der Waals surface area contributed by atoms with E-state index >= 15 is 0 Å². The van der Waals surface area contributed by atoms with Gasteiger partial charge in [0.1, 0.15) is 12.4 Å². The summed E-state index contributed by atoms with van der Waals surface area (Å²) in [5, 5.41) is 6.15. The number of guanidine groups is 1. The number of nitrogens with one attached hydrogen (secondary N) is 3. The van der Waals surface area contributed by atoms with Crippen molar-refractivity contribution in [2.24, 2.45) is 4.99 Å². The van der Waals surface area contributed by atoms with Crippen LogP contribution >= 0.6 is 0 Å². The van der Waals surface area contributed by atoms with Gasteiger partial charge in [0.05, 0.1) is 11.4 Å². The van der Waals surface area contributed by atoms with Gasteiger partial charge in [0.25, 0.3) is 0 Å². The molecule has 0 heterocycles. The van der Waals surface area contributed by atoms with Crippen LogP contribution < -0.4 is 20.1 Å². The summed E-state index contributed by atoms with van der Waals surface area (Å²) in [7, 11) is -1.83. The molecule has 2 rings (SSSR count). The first kappa shape index (κ1) is 19.7. The standard InChI is InChI=1S/C18H24N4O3S/c1-19-18(21-14-15-25-16-8-4-2-5-9-16)20-12-13-22-26(23,24)17-10-6-3-7-11-17/h2-11,22H,12-15H2,1H3,(H2,19,20,21). The number of nitrogens with zero attached hydrogens (tertiary/aromatic N) is 1. The smallest absolute Gasteiger partial charge is 0.240 e. The normalized spacial score (nSPS) is 11.8. The molecule has 0 fully saturated rings. The van der Waals surface area contributed by atoms with Gasteiger partial charge < -0.3 is 15.4 Å². The first-order valence-electron chi connectivity index (χ1n) is 8.29. The molecule has 7 nitrogen and oxygen atoms in total. The largest absolute Gasteiger partial charge is 0.492 e. The lowest BCUT2D eigenvalue weighted by Crippen LogP contribution is -2.42. The first-order valence-corrected chi connectivity index (χ1v) is 9.77. The second-order valence-electron chi connectivity index (χ2n) is 5.30. The molecule has 0 saturated heterocycles. The minimum absolute atomic E-state index is 0.248. The summed E-state index contributed by atoms with van der Waals surface area (Å²) in [5.74, 6) is 1.40. The summed E-state index contributed by atoms with van der Waals surface area (Å²) in [6, 6.07) is 17.8. The van der Waals surface area contributed by atoms with Gasteiger partial charge in [0, 0.05) is 20.1 Å². The average molecular weight is 376 g/mol. The number of rotatable bonds is 9. The van der Waals surface area contributed by atoms with Gasteiger partial charge in [0.2, 0.25) is 10.0 Å². The third kappa shape index (κ3) is 6.73. The van der Waals surface area contributed by atoms with E-state index in [2.05, 4.69) is 20.3 Å². The van der Waals surface area contributed by atoms with Crippen molar-refractivity contribution < 1.29 is 13.2 Å². The summed E-state index contributed by atoms with van der Waals surface area (Å²) in [6.45, 7) is 1.72. The highest BCUT2D eigenvalue weighted by atomic mass is 32.2. The Hall–Kier alpha value is -2.58. The predicted octanol–water partition coefficient (Wildman–Crippen LogP) is 1.21. The summed E-state index contributed by atoms with van der Waals surface area (Å²) in [6.07, 6.45) is 0. The van der Waals surface area contributed by atoms with E-state index in [1.807, 2.05) is 30.3 Å². The topological polar surface area (TPSA) is 91.8 Å². The molecule has 140 valence electrons. The van der Waals surface area contributed by atoms with Crippen LogP contribution in [0.3, 0.4) is 0 Å². The van der Waals surface area contributed by atoms with Crippen LogP contribution in [-0.4, -0.2) is 47.7 Å². The third-order valence-corrected chi connectivity index (χ3v) is 4.87. The second-order valence-corrected chi connectivity index (χ2v) is 7.07. The third-order valence-electron chi connectivity index (χ3n) is 3.39. The molecule has 0 aliphatic heterocycles. The first-order chi connectivity index (χ1) is 12.6. The molecule has 0 aliphatic rings.